The third-order valence-corrected chi connectivity index (χ3v) is 4.07. The van der Waals surface area contributed by atoms with Gasteiger partial charge in [-0.3, -0.25) is 14.4 Å². The third kappa shape index (κ3) is 5.20. The maximum atomic E-state index is 12.0. The summed E-state index contributed by atoms with van der Waals surface area (Å²) >= 11 is 1.37. The molecule has 2 rings (SSSR count). The first-order valence-corrected chi connectivity index (χ1v) is 8.48. The normalized spacial score (nSPS) is 10.0. The van der Waals surface area contributed by atoms with Crippen LogP contribution in [-0.2, 0) is 4.79 Å². The average molecular weight is 345 g/mol. The van der Waals surface area contributed by atoms with Crippen molar-refractivity contribution in [1.29, 1.82) is 0 Å². The Bertz CT molecular complexity index is 696. The van der Waals surface area contributed by atoms with Crippen molar-refractivity contribution in [3.8, 4) is 0 Å². The summed E-state index contributed by atoms with van der Waals surface area (Å²) in [6, 6.07) is 10.2. The average Bonchev–Trinajstić information content (AvgIpc) is 3.13. The highest BCUT2D eigenvalue weighted by atomic mass is 32.1. The molecule has 0 saturated carbocycles. The van der Waals surface area contributed by atoms with Crippen LogP contribution in [0.25, 0.3) is 0 Å². The Hall–Kier alpha value is -2.67. The summed E-state index contributed by atoms with van der Waals surface area (Å²) in [5.41, 5.74) is 1.12. The first kappa shape index (κ1) is 17.7. The highest BCUT2D eigenvalue weighted by Crippen LogP contribution is 2.14. The quantitative estimate of drug-likeness (QED) is 0.673. The predicted molar refractivity (Wildman–Crippen MR) is 94.3 cm³/mol. The molecule has 1 aromatic heterocycles. The smallest absolute Gasteiger partial charge is 0.265 e. The highest BCUT2D eigenvalue weighted by Gasteiger charge is 2.08. The van der Waals surface area contributed by atoms with Gasteiger partial charge >= 0.3 is 0 Å². The van der Waals surface area contributed by atoms with Gasteiger partial charge in [0, 0.05) is 30.8 Å². The highest BCUT2D eigenvalue weighted by molar-refractivity contribution is 7.12. The fraction of sp³-hybridized carbons (Fsp3) is 0.235. The monoisotopic (exact) mass is 345 g/mol. The lowest BCUT2D eigenvalue weighted by atomic mass is 10.2. The molecule has 24 heavy (non-hydrogen) atoms. The molecule has 0 aliphatic rings. The summed E-state index contributed by atoms with van der Waals surface area (Å²) in [6.07, 6.45) is 0.423. The van der Waals surface area contributed by atoms with Crippen LogP contribution in [0.1, 0.15) is 33.4 Å². The molecule has 0 aliphatic heterocycles. The molecule has 1 heterocycles. The van der Waals surface area contributed by atoms with Crippen LogP contribution < -0.4 is 16.0 Å². The molecule has 0 atom stereocenters. The second kappa shape index (κ2) is 8.83. The predicted octanol–water partition coefficient (Wildman–Crippen LogP) is 2.26. The van der Waals surface area contributed by atoms with Crippen LogP contribution in [-0.4, -0.2) is 30.8 Å². The van der Waals surface area contributed by atoms with E-state index >= 15 is 0 Å². The molecule has 7 heteroatoms. The van der Waals surface area contributed by atoms with Crippen molar-refractivity contribution in [3.05, 3.63) is 52.2 Å². The number of rotatable bonds is 7. The van der Waals surface area contributed by atoms with E-state index in [9.17, 15) is 14.4 Å². The van der Waals surface area contributed by atoms with Gasteiger partial charge in [-0.05, 0) is 35.7 Å². The zero-order valence-corrected chi connectivity index (χ0v) is 14.1. The van der Waals surface area contributed by atoms with Crippen molar-refractivity contribution in [2.45, 2.75) is 13.3 Å². The van der Waals surface area contributed by atoms with Gasteiger partial charge in [0.25, 0.3) is 11.8 Å². The van der Waals surface area contributed by atoms with Gasteiger partial charge in [-0.15, -0.1) is 11.3 Å². The van der Waals surface area contributed by atoms with Crippen LogP contribution in [0.15, 0.2) is 41.8 Å². The first-order chi connectivity index (χ1) is 11.6. The molecule has 3 amide bonds. The summed E-state index contributed by atoms with van der Waals surface area (Å²) in [4.78, 5) is 35.6. The van der Waals surface area contributed by atoms with Crippen molar-refractivity contribution in [3.63, 3.8) is 0 Å². The second-order valence-electron chi connectivity index (χ2n) is 4.97. The molecular weight excluding hydrogens is 326 g/mol. The van der Waals surface area contributed by atoms with Gasteiger partial charge in [-0.1, -0.05) is 13.0 Å². The molecule has 0 spiro atoms. The summed E-state index contributed by atoms with van der Waals surface area (Å²) in [7, 11) is 0. The zero-order valence-electron chi connectivity index (χ0n) is 13.3. The van der Waals surface area contributed by atoms with Crippen LogP contribution in [0.4, 0.5) is 5.69 Å². The van der Waals surface area contributed by atoms with E-state index in [4.69, 9.17) is 0 Å². The van der Waals surface area contributed by atoms with E-state index < -0.39 is 0 Å². The number of carbonyl (C=O) groups excluding carboxylic acids is 3. The Balaban J connectivity index is 1.81. The van der Waals surface area contributed by atoms with E-state index in [-0.39, 0.29) is 17.7 Å². The standard InChI is InChI=1S/C17H19N3O3S/c1-2-15(21)18-9-10-19-16(22)12-5-7-13(8-6-12)20-17(23)14-4-3-11-24-14/h3-8,11H,2,9-10H2,1H3,(H,18,21)(H,19,22)(H,20,23). The Morgan fingerprint density at radius 1 is 0.958 bits per heavy atom. The van der Waals surface area contributed by atoms with Crippen LogP contribution in [0, 0.1) is 0 Å². The van der Waals surface area contributed by atoms with Gasteiger partial charge in [-0.2, -0.15) is 0 Å². The first-order valence-electron chi connectivity index (χ1n) is 7.60. The van der Waals surface area contributed by atoms with E-state index in [2.05, 4.69) is 16.0 Å². The molecule has 0 aliphatic carbocycles. The van der Waals surface area contributed by atoms with Gasteiger partial charge < -0.3 is 16.0 Å². The number of hydrogen-bond donors (Lipinski definition) is 3. The van der Waals surface area contributed by atoms with Crippen LogP contribution >= 0.6 is 11.3 Å². The number of hydrogen-bond acceptors (Lipinski definition) is 4. The number of amides is 3. The van der Waals surface area contributed by atoms with E-state index in [0.717, 1.165) is 0 Å². The SMILES string of the molecule is CCC(=O)NCCNC(=O)c1ccc(NC(=O)c2cccs2)cc1. The molecule has 6 nitrogen and oxygen atoms in total. The Labute approximate surface area is 144 Å². The van der Waals surface area contributed by atoms with Crippen molar-refractivity contribution >= 4 is 34.7 Å². The van der Waals surface area contributed by atoms with Gasteiger partial charge in [0.05, 0.1) is 4.88 Å². The maximum absolute atomic E-state index is 12.0. The van der Waals surface area contributed by atoms with Gasteiger partial charge in [0.15, 0.2) is 0 Å². The lowest BCUT2D eigenvalue weighted by molar-refractivity contribution is -0.120. The number of benzene rings is 1. The summed E-state index contributed by atoms with van der Waals surface area (Å²) < 4.78 is 0. The Morgan fingerprint density at radius 2 is 1.67 bits per heavy atom. The van der Waals surface area contributed by atoms with Gasteiger partial charge in [0.1, 0.15) is 0 Å². The van der Waals surface area contributed by atoms with E-state index in [0.29, 0.717) is 35.6 Å². The molecule has 0 fully saturated rings. The van der Waals surface area contributed by atoms with E-state index in [1.165, 1.54) is 11.3 Å². The third-order valence-electron chi connectivity index (χ3n) is 3.20. The van der Waals surface area contributed by atoms with Crippen molar-refractivity contribution in [2.75, 3.05) is 18.4 Å². The van der Waals surface area contributed by atoms with E-state index in [1.54, 1.807) is 37.3 Å². The molecule has 3 N–H and O–H groups in total. The van der Waals surface area contributed by atoms with Gasteiger partial charge in [0.2, 0.25) is 5.91 Å². The van der Waals surface area contributed by atoms with Crippen LogP contribution in [0.3, 0.4) is 0 Å². The molecule has 0 bridgehead atoms. The van der Waals surface area contributed by atoms with Gasteiger partial charge in [-0.25, -0.2) is 0 Å². The zero-order chi connectivity index (χ0) is 17.4. The van der Waals surface area contributed by atoms with E-state index in [1.807, 2.05) is 11.4 Å². The lowest BCUT2D eigenvalue weighted by Crippen LogP contribution is -2.34. The lowest BCUT2D eigenvalue weighted by Gasteiger charge is -2.08. The fourth-order valence-corrected chi connectivity index (χ4v) is 2.53. The Morgan fingerprint density at radius 3 is 2.29 bits per heavy atom. The number of anilines is 1. The molecule has 2 aromatic rings. The summed E-state index contributed by atoms with van der Waals surface area (Å²) in [5, 5.41) is 10.0. The minimum absolute atomic E-state index is 0.0462. The molecule has 0 saturated heterocycles. The Kier molecular flexibility index (Phi) is 6.51. The molecule has 0 unspecified atom stereocenters. The molecule has 0 radical (unpaired) electrons. The minimum Gasteiger partial charge on any atom is -0.354 e. The fourth-order valence-electron chi connectivity index (χ4n) is 1.91. The number of thiophene rings is 1. The van der Waals surface area contributed by atoms with Crippen LogP contribution in [0.5, 0.6) is 0 Å². The topological polar surface area (TPSA) is 87.3 Å². The van der Waals surface area contributed by atoms with Crippen molar-refractivity contribution in [2.24, 2.45) is 0 Å². The maximum Gasteiger partial charge on any atom is 0.265 e. The van der Waals surface area contributed by atoms with Crippen molar-refractivity contribution in [1.82, 2.24) is 10.6 Å². The molecule has 126 valence electrons. The number of nitrogens with one attached hydrogen (secondary N) is 3. The molecule has 1 aromatic carbocycles. The second-order valence-corrected chi connectivity index (χ2v) is 5.92. The van der Waals surface area contributed by atoms with Crippen LogP contribution in [0.2, 0.25) is 0 Å². The summed E-state index contributed by atoms with van der Waals surface area (Å²) in [5.74, 6) is -0.444. The minimum atomic E-state index is -0.225. The summed E-state index contributed by atoms with van der Waals surface area (Å²) in [6.45, 7) is 2.53. The molecular formula is C17H19N3O3S. The number of carbonyl (C=O) groups is 3. The van der Waals surface area contributed by atoms with Crippen molar-refractivity contribution < 1.29 is 14.4 Å². The largest absolute Gasteiger partial charge is 0.354 e.